The number of amides is 1. The molecule has 1 N–H and O–H groups in total. The van der Waals surface area contributed by atoms with Gasteiger partial charge >= 0.3 is 0 Å². The number of rotatable bonds is 10. The first-order valence-corrected chi connectivity index (χ1v) is 9.83. The first-order chi connectivity index (χ1) is 11.6. The van der Waals surface area contributed by atoms with Gasteiger partial charge in [-0.15, -0.1) is 11.3 Å². The van der Waals surface area contributed by atoms with Gasteiger partial charge in [0.15, 0.2) is 0 Å². The van der Waals surface area contributed by atoms with Crippen LogP contribution in [0.3, 0.4) is 0 Å². The van der Waals surface area contributed by atoms with E-state index in [-0.39, 0.29) is 5.91 Å². The van der Waals surface area contributed by atoms with Crippen molar-refractivity contribution in [2.75, 3.05) is 52.5 Å². The molecule has 1 aliphatic heterocycles. The van der Waals surface area contributed by atoms with Crippen LogP contribution in [0.1, 0.15) is 25.1 Å². The summed E-state index contributed by atoms with van der Waals surface area (Å²) in [4.78, 5) is 18.1. The number of carbonyl (C=O) groups excluding carboxylic acids is 1. The van der Waals surface area contributed by atoms with E-state index in [2.05, 4.69) is 46.5 Å². The molecule has 5 nitrogen and oxygen atoms in total. The maximum absolute atomic E-state index is 12.0. The molecule has 2 heterocycles. The van der Waals surface area contributed by atoms with Gasteiger partial charge in [0.2, 0.25) is 5.91 Å². The molecule has 1 saturated heterocycles. The first-order valence-electron chi connectivity index (χ1n) is 8.95. The molecule has 24 heavy (non-hydrogen) atoms. The summed E-state index contributed by atoms with van der Waals surface area (Å²) in [6, 6.07) is 4.29. The standard InChI is InChI=1S/C18H31N3O2S/c1-16(2)5-11-23-12-6-19-18(22)15-21-9-7-20(8-10-21)14-17-4-3-13-24-17/h3-4,13,16H,5-12,14-15H2,1-2H3,(H,19,22). The van der Waals surface area contributed by atoms with Gasteiger partial charge in [0, 0.05) is 50.8 Å². The quantitative estimate of drug-likeness (QED) is 0.654. The Labute approximate surface area is 150 Å². The van der Waals surface area contributed by atoms with Crippen LogP contribution < -0.4 is 5.32 Å². The molecule has 136 valence electrons. The highest BCUT2D eigenvalue weighted by molar-refractivity contribution is 7.09. The van der Waals surface area contributed by atoms with Crippen molar-refractivity contribution in [3.05, 3.63) is 22.4 Å². The summed E-state index contributed by atoms with van der Waals surface area (Å²) in [5.74, 6) is 0.771. The molecule has 0 unspecified atom stereocenters. The van der Waals surface area contributed by atoms with Gasteiger partial charge < -0.3 is 10.1 Å². The highest BCUT2D eigenvalue weighted by Crippen LogP contribution is 2.13. The number of thiophene rings is 1. The second-order valence-corrected chi connectivity index (χ2v) is 7.81. The van der Waals surface area contributed by atoms with Crippen LogP contribution in [-0.4, -0.2) is 68.2 Å². The number of nitrogens with zero attached hydrogens (tertiary/aromatic N) is 2. The Hall–Kier alpha value is -0.950. The zero-order chi connectivity index (χ0) is 17.2. The third-order valence-corrected chi connectivity index (χ3v) is 5.06. The monoisotopic (exact) mass is 353 g/mol. The van der Waals surface area contributed by atoms with Crippen LogP contribution in [0.5, 0.6) is 0 Å². The second-order valence-electron chi connectivity index (χ2n) is 6.78. The Morgan fingerprint density at radius 1 is 1.25 bits per heavy atom. The van der Waals surface area contributed by atoms with Crippen molar-refractivity contribution >= 4 is 17.2 Å². The molecule has 1 aromatic heterocycles. The van der Waals surface area contributed by atoms with Crippen molar-refractivity contribution in [2.45, 2.75) is 26.8 Å². The number of hydrogen-bond donors (Lipinski definition) is 1. The molecular weight excluding hydrogens is 322 g/mol. The molecule has 0 bridgehead atoms. The van der Waals surface area contributed by atoms with E-state index >= 15 is 0 Å². The minimum Gasteiger partial charge on any atom is -0.380 e. The maximum Gasteiger partial charge on any atom is 0.234 e. The van der Waals surface area contributed by atoms with Gasteiger partial charge in [-0.3, -0.25) is 14.6 Å². The molecule has 0 aromatic carbocycles. The van der Waals surface area contributed by atoms with Gasteiger partial charge in [0.1, 0.15) is 0 Å². The van der Waals surface area contributed by atoms with Crippen molar-refractivity contribution in [1.82, 2.24) is 15.1 Å². The lowest BCUT2D eigenvalue weighted by Gasteiger charge is -2.34. The van der Waals surface area contributed by atoms with Crippen LogP contribution in [0.2, 0.25) is 0 Å². The number of hydrogen-bond acceptors (Lipinski definition) is 5. The largest absolute Gasteiger partial charge is 0.380 e. The second kappa shape index (κ2) is 10.8. The van der Waals surface area contributed by atoms with Crippen LogP contribution >= 0.6 is 11.3 Å². The molecular formula is C18H31N3O2S. The first kappa shape index (κ1) is 19.4. The van der Waals surface area contributed by atoms with Crippen molar-refractivity contribution < 1.29 is 9.53 Å². The lowest BCUT2D eigenvalue weighted by Crippen LogP contribution is -2.49. The fraction of sp³-hybridized carbons (Fsp3) is 0.722. The predicted octanol–water partition coefficient (Wildman–Crippen LogP) is 2.04. The van der Waals surface area contributed by atoms with Gasteiger partial charge in [-0.05, 0) is 23.8 Å². The van der Waals surface area contributed by atoms with Crippen LogP contribution in [0.25, 0.3) is 0 Å². The lowest BCUT2D eigenvalue weighted by atomic mass is 10.1. The molecule has 0 radical (unpaired) electrons. The highest BCUT2D eigenvalue weighted by Gasteiger charge is 2.19. The van der Waals surface area contributed by atoms with Crippen molar-refractivity contribution in [3.63, 3.8) is 0 Å². The minimum atomic E-state index is 0.106. The molecule has 0 aliphatic carbocycles. The van der Waals surface area contributed by atoms with Crippen molar-refractivity contribution in [1.29, 1.82) is 0 Å². The molecule has 0 atom stereocenters. The third-order valence-electron chi connectivity index (χ3n) is 4.20. The Bertz CT molecular complexity index is 457. The summed E-state index contributed by atoms with van der Waals surface area (Å²) < 4.78 is 5.51. The van der Waals surface area contributed by atoms with Gasteiger partial charge in [-0.1, -0.05) is 19.9 Å². The summed E-state index contributed by atoms with van der Waals surface area (Å²) >= 11 is 1.81. The van der Waals surface area contributed by atoms with Gasteiger partial charge in [0.05, 0.1) is 13.2 Å². The number of carbonyl (C=O) groups is 1. The van der Waals surface area contributed by atoms with E-state index in [4.69, 9.17) is 4.74 Å². The van der Waals surface area contributed by atoms with E-state index in [9.17, 15) is 4.79 Å². The summed E-state index contributed by atoms with van der Waals surface area (Å²) in [5.41, 5.74) is 0. The Kier molecular flexibility index (Phi) is 8.74. The molecule has 0 spiro atoms. The van der Waals surface area contributed by atoms with E-state index in [1.807, 2.05) is 11.3 Å². The molecule has 1 amide bonds. The number of piperazine rings is 1. The van der Waals surface area contributed by atoms with E-state index in [1.54, 1.807) is 0 Å². The molecule has 1 aliphatic rings. The lowest BCUT2D eigenvalue weighted by molar-refractivity contribution is -0.122. The Morgan fingerprint density at radius 2 is 2.00 bits per heavy atom. The van der Waals surface area contributed by atoms with E-state index in [1.165, 1.54) is 4.88 Å². The average molecular weight is 354 g/mol. The van der Waals surface area contributed by atoms with E-state index in [0.717, 1.165) is 45.8 Å². The topological polar surface area (TPSA) is 44.8 Å². The van der Waals surface area contributed by atoms with Gasteiger partial charge in [-0.25, -0.2) is 0 Å². The summed E-state index contributed by atoms with van der Waals surface area (Å²) in [5, 5.41) is 5.08. The Balaban J connectivity index is 1.51. The van der Waals surface area contributed by atoms with Crippen LogP contribution in [0.4, 0.5) is 0 Å². The maximum atomic E-state index is 12.0. The molecule has 2 rings (SSSR count). The summed E-state index contributed by atoms with van der Waals surface area (Å²) in [6.07, 6.45) is 1.07. The Morgan fingerprint density at radius 3 is 2.67 bits per heavy atom. The molecule has 6 heteroatoms. The zero-order valence-corrected chi connectivity index (χ0v) is 15.8. The van der Waals surface area contributed by atoms with E-state index in [0.29, 0.717) is 25.6 Å². The zero-order valence-electron chi connectivity index (χ0n) is 15.0. The molecule has 1 aromatic rings. The average Bonchev–Trinajstić information content (AvgIpc) is 3.05. The number of nitrogens with one attached hydrogen (secondary N) is 1. The van der Waals surface area contributed by atoms with Crippen LogP contribution in [0, 0.1) is 5.92 Å². The van der Waals surface area contributed by atoms with Crippen LogP contribution in [0.15, 0.2) is 17.5 Å². The van der Waals surface area contributed by atoms with Crippen molar-refractivity contribution in [3.8, 4) is 0 Å². The minimum absolute atomic E-state index is 0.106. The number of ether oxygens (including phenoxy) is 1. The smallest absolute Gasteiger partial charge is 0.234 e. The summed E-state index contributed by atoms with van der Waals surface area (Å²) in [7, 11) is 0. The van der Waals surface area contributed by atoms with Crippen LogP contribution in [-0.2, 0) is 16.1 Å². The highest BCUT2D eigenvalue weighted by atomic mass is 32.1. The van der Waals surface area contributed by atoms with E-state index < -0.39 is 0 Å². The third kappa shape index (κ3) is 7.75. The van der Waals surface area contributed by atoms with Gasteiger partial charge in [0.25, 0.3) is 0 Å². The summed E-state index contributed by atoms with van der Waals surface area (Å²) in [6.45, 7) is 11.9. The SMILES string of the molecule is CC(C)CCOCCNC(=O)CN1CCN(Cc2cccs2)CC1. The predicted molar refractivity (Wildman–Crippen MR) is 99.3 cm³/mol. The fourth-order valence-corrected chi connectivity index (χ4v) is 3.42. The van der Waals surface area contributed by atoms with Crippen molar-refractivity contribution in [2.24, 2.45) is 5.92 Å². The molecule has 1 fully saturated rings. The fourth-order valence-electron chi connectivity index (χ4n) is 2.67. The normalized spacial score (nSPS) is 16.6. The van der Waals surface area contributed by atoms with Gasteiger partial charge in [-0.2, -0.15) is 0 Å². The molecule has 0 saturated carbocycles.